The SMILES string of the molecule is O=C(CSc1ccc(NC(=O)c2cccs2)nn1)Nc1ccc(F)c(F)c1. The van der Waals surface area contributed by atoms with Gasteiger partial charge in [-0.3, -0.25) is 9.59 Å². The molecule has 2 N–H and O–H groups in total. The van der Waals surface area contributed by atoms with E-state index in [1.54, 1.807) is 29.6 Å². The Balaban J connectivity index is 1.50. The van der Waals surface area contributed by atoms with E-state index in [0.717, 1.165) is 23.9 Å². The van der Waals surface area contributed by atoms with Gasteiger partial charge in [-0.2, -0.15) is 0 Å². The van der Waals surface area contributed by atoms with Crippen molar-refractivity contribution in [2.45, 2.75) is 5.03 Å². The second-order valence-electron chi connectivity index (χ2n) is 5.15. The zero-order valence-electron chi connectivity index (χ0n) is 13.6. The third-order valence-corrected chi connectivity index (χ3v) is 4.97. The Morgan fingerprint density at radius 1 is 1.04 bits per heavy atom. The largest absolute Gasteiger partial charge is 0.325 e. The van der Waals surface area contributed by atoms with E-state index < -0.39 is 17.5 Å². The van der Waals surface area contributed by atoms with E-state index in [0.29, 0.717) is 15.7 Å². The lowest BCUT2D eigenvalue weighted by Crippen LogP contribution is -2.14. The van der Waals surface area contributed by atoms with Gasteiger partial charge in [-0.25, -0.2) is 8.78 Å². The number of halogens is 2. The molecule has 0 aliphatic heterocycles. The summed E-state index contributed by atoms with van der Waals surface area (Å²) < 4.78 is 26.0. The summed E-state index contributed by atoms with van der Waals surface area (Å²) in [4.78, 5) is 24.3. The number of hydrogen-bond acceptors (Lipinski definition) is 6. The quantitative estimate of drug-likeness (QED) is 0.609. The average molecular weight is 406 g/mol. The number of benzene rings is 1. The molecule has 138 valence electrons. The van der Waals surface area contributed by atoms with Crippen LogP contribution >= 0.6 is 23.1 Å². The molecule has 0 unspecified atom stereocenters. The maximum Gasteiger partial charge on any atom is 0.266 e. The van der Waals surface area contributed by atoms with Gasteiger partial charge < -0.3 is 10.6 Å². The molecule has 3 aromatic rings. The molecule has 0 spiro atoms. The number of nitrogens with one attached hydrogen (secondary N) is 2. The number of aromatic nitrogens is 2. The minimum Gasteiger partial charge on any atom is -0.325 e. The lowest BCUT2D eigenvalue weighted by molar-refractivity contribution is -0.113. The fourth-order valence-corrected chi connectivity index (χ4v) is 3.19. The second-order valence-corrected chi connectivity index (χ2v) is 7.10. The van der Waals surface area contributed by atoms with Gasteiger partial charge in [0.2, 0.25) is 5.91 Å². The summed E-state index contributed by atoms with van der Waals surface area (Å²) in [6.07, 6.45) is 0. The molecule has 2 aromatic heterocycles. The van der Waals surface area contributed by atoms with Crippen LogP contribution in [0.4, 0.5) is 20.3 Å². The van der Waals surface area contributed by atoms with E-state index in [1.807, 2.05) is 0 Å². The molecule has 0 radical (unpaired) electrons. The number of thioether (sulfide) groups is 1. The van der Waals surface area contributed by atoms with E-state index >= 15 is 0 Å². The Hall–Kier alpha value is -2.85. The van der Waals surface area contributed by atoms with Crippen molar-refractivity contribution in [3.63, 3.8) is 0 Å². The smallest absolute Gasteiger partial charge is 0.266 e. The molecule has 3 rings (SSSR count). The minimum absolute atomic E-state index is 0.00851. The zero-order chi connectivity index (χ0) is 19.2. The van der Waals surface area contributed by atoms with Gasteiger partial charge in [0.25, 0.3) is 5.91 Å². The highest BCUT2D eigenvalue weighted by Gasteiger charge is 2.10. The molecule has 0 aliphatic carbocycles. The van der Waals surface area contributed by atoms with Crippen LogP contribution in [0.5, 0.6) is 0 Å². The molecule has 0 atom stereocenters. The summed E-state index contributed by atoms with van der Waals surface area (Å²) in [5.74, 6) is -2.39. The van der Waals surface area contributed by atoms with E-state index in [9.17, 15) is 18.4 Å². The van der Waals surface area contributed by atoms with Gasteiger partial charge in [0.15, 0.2) is 17.5 Å². The maximum atomic E-state index is 13.1. The number of anilines is 2. The van der Waals surface area contributed by atoms with Crippen LogP contribution < -0.4 is 10.6 Å². The van der Waals surface area contributed by atoms with Gasteiger partial charge in [0.1, 0.15) is 5.03 Å². The number of nitrogens with zero attached hydrogens (tertiary/aromatic N) is 2. The van der Waals surface area contributed by atoms with Gasteiger partial charge in [0.05, 0.1) is 10.6 Å². The number of carbonyl (C=O) groups excluding carboxylic acids is 2. The Morgan fingerprint density at radius 2 is 1.89 bits per heavy atom. The Bertz CT molecular complexity index is 950. The van der Waals surface area contributed by atoms with Gasteiger partial charge in [-0.05, 0) is 35.7 Å². The zero-order valence-corrected chi connectivity index (χ0v) is 15.2. The molecule has 27 heavy (non-hydrogen) atoms. The third-order valence-electron chi connectivity index (χ3n) is 3.18. The molecule has 2 heterocycles. The fourth-order valence-electron chi connectivity index (χ4n) is 1.96. The first kappa shape index (κ1) is 18.9. The van der Waals surface area contributed by atoms with Crippen molar-refractivity contribution in [1.82, 2.24) is 10.2 Å². The van der Waals surface area contributed by atoms with Crippen molar-refractivity contribution < 1.29 is 18.4 Å². The minimum atomic E-state index is -1.04. The molecule has 0 saturated heterocycles. The molecular formula is C17H12F2N4O2S2. The van der Waals surface area contributed by atoms with Crippen molar-refractivity contribution in [3.05, 3.63) is 64.4 Å². The van der Waals surface area contributed by atoms with Gasteiger partial charge in [0, 0.05) is 11.8 Å². The summed E-state index contributed by atoms with van der Waals surface area (Å²) in [7, 11) is 0. The Labute approximate surface area is 161 Å². The number of hydrogen-bond donors (Lipinski definition) is 2. The first-order chi connectivity index (χ1) is 13.0. The van der Waals surface area contributed by atoms with E-state index in [4.69, 9.17) is 0 Å². The highest BCUT2D eigenvalue weighted by atomic mass is 32.2. The van der Waals surface area contributed by atoms with Crippen molar-refractivity contribution in [3.8, 4) is 0 Å². The highest BCUT2D eigenvalue weighted by molar-refractivity contribution is 7.99. The topological polar surface area (TPSA) is 84.0 Å². The predicted octanol–water partition coefficient (Wildman–Crippen LogP) is 3.80. The van der Waals surface area contributed by atoms with Crippen molar-refractivity contribution in [1.29, 1.82) is 0 Å². The molecule has 2 amide bonds. The second kappa shape index (κ2) is 8.69. The maximum absolute atomic E-state index is 13.1. The van der Waals surface area contributed by atoms with Crippen LogP contribution in [0.15, 0.2) is 52.9 Å². The molecule has 6 nitrogen and oxygen atoms in total. The summed E-state index contributed by atoms with van der Waals surface area (Å²) >= 11 is 2.43. The lowest BCUT2D eigenvalue weighted by atomic mass is 10.3. The van der Waals surface area contributed by atoms with Crippen LogP contribution in [0.2, 0.25) is 0 Å². The number of amides is 2. The van der Waals surface area contributed by atoms with Gasteiger partial charge in [-0.15, -0.1) is 21.5 Å². The molecule has 0 fully saturated rings. The molecule has 0 saturated carbocycles. The summed E-state index contributed by atoms with van der Waals surface area (Å²) in [6, 6.07) is 9.78. The summed E-state index contributed by atoms with van der Waals surface area (Å²) in [6.45, 7) is 0. The third kappa shape index (κ3) is 5.31. The van der Waals surface area contributed by atoms with Crippen LogP contribution in [0.3, 0.4) is 0 Å². The molecular weight excluding hydrogens is 394 g/mol. The summed E-state index contributed by atoms with van der Waals surface area (Å²) in [5.41, 5.74) is 0.164. The molecule has 0 bridgehead atoms. The Kier molecular flexibility index (Phi) is 6.09. The number of thiophene rings is 1. The first-order valence-electron chi connectivity index (χ1n) is 7.57. The van der Waals surface area contributed by atoms with E-state index in [2.05, 4.69) is 20.8 Å². The van der Waals surface area contributed by atoms with Crippen LogP contribution in [0.25, 0.3) is 0 Å². The van der Waals surface area contributed by atoms with Crippen molar-refractivity contribution in [2.75, 3.05) is 16.4 Å². The average Bonchev–Trinajstić information content (AvgIpc) is 3.19. The molecule has 1 aromatic carbocycles. The van der Waals surface area contributed by atoms with Crippen LogP contribution in [-0.2, 0) is 4.79 Å². The highest BCUT2D eigenvalue weighted by Crippen LogP contribution is 2.18. The van der Waals surface area contributed by atoms with Crippen LogP contribution in [-0.4, -0.2) is 27.8 Å². The summed E-state index contributed by atoms with van der Waals surface area (Å²) in [5, 5.41) is 15.2. The molecule has 0 aliphatic rings. The fraction of sp³-hybridized carbons (Fsp3) is 0.0588. The van der Waals surface area contributed by atoms with Crippen molar-refractivity contribution in [2.24, 2.45) is 0 Å². The normalized spacial score (nSPS) is 10.4. The molecule has 10 heteroatoms. The standard InChI is InChI=1S/C17H12F2N4O2S2/c18-11-4-3-10(8-12(11)19)20-15(24)9-27-16-6-5-14(22-23-16)21-17(25)13-2-1-7-26-13/h1-8H,9H2,(H,20,24)(H,21,22,25). The number of rotatable bonds is 6. The number of carbonyl (C=O) groups is 2. The Morgan fingerprint density at radius 3 is 2.56 bits per heavy atom. The predicted molar refractivity (Wildman–Crippen MR) is 100 cm³/mol. The van der Waals surface area contributed by atoms with Crippen LogP contribution in [0.1, 0.15) is 9.67 Å². The van der Waals surface area contributed by atoms with Gasteiger partial charge in [-0.1, -0.05) is 17.8 Å². The monoisotopic (exact) mass is 406 g/mol. The van der Waals surface area contributed by atoms with Gasteiger partial charge >= 0.3 is 0 Å². The van der Waals surface area contributed by atoms with Crippen molar-refractivity contribution >= 4 is 46.4 Å². The van der Waals surface area contributed by atoms with E-state index in [-0.39, 0.29) is 17.3 Å². The van der Waals surface area contributed by atoms with E-state index in [1.165, 1.54) is 17.4 Å². The lowest BCUT2D eigenvalue weighted by Gasteiger charge is -2.06. The van der Waals surface area contributed by atoms with Crippen LogP contribution in [0, 0.1) is 11.6 Å². The first-order valence-corrected chi connectivity index (χ1v) is 9.44.